The number of carbonyl (C=O) groups excluding carboxylic acids is 1. The van der Waals surface area contributed by atoms with Gasteiger partial charge in [-0.25, -0.2) is 0 Å². The maximum atomic E-state index is 12.1. The van der Waals surface area contributed by atoms with Crippen LogP contribution in [0.3, 0.4) is 0 Å². The lowest BCUT2D eigenvalue weighted by atomic mass is 9.87. The van der Waals surface area contributed by atoms with E-state index in [9.17, 15) is 4.79 Å². The second-order valence-electron chi connectivity index (χ2n) is 5.63. The third kappa shape index (κ3) is 2.64. The number of hydrogen-bond donors (Lipinski definition) is 3. The molecule has 2 rings (SSSR count). The molecule has 1 aliphatic rings. The number of nitrogens with one attached hydrogen (secondary N) is 2. The summed E-state index contributed by atoms with van der Waals surface area (Å²) in [4.78, 5) is 12.1. The normalized spacial score (nSPS) is 21.6. The molecule has 0 aromatic heterocycles. The van der Waals surface area contributed by atoms with E-state index in [0.717, 1.165) is 12.1 Å². The number of carbonyl (C=O) groups is 1. The van der Waals surface area contributed by atoms with E-state index in [1.54, 1.807) is 24.3 Å². The summed E-state index contributed by atoms with van der Waals surface area (Å²) in [5.74, 6) is 5.29. The van der Waals surface area contributed by atoms with Gasteiger partial charge in [-0.15, -0.1) is 0 Å². The van der Waals surface area contributed by atoms with Crippen LogP contribution in [0.4, 0.5) is 5.69 Å². The average Bonchev–Trinajstić information content (AvgIpc) is 2.69. The van der Waals surface area contributed by atoms with Gasteiger partial charge in [0.2, 0.25) is 0 Å². The Kier molecular flexibility index (Phi) is 3.57. The molecule has 18 heavy (non-hydrogen) atoms. The molecule has 1 saturated carbocycles. The first-order valence-electron chi connectivity index (χ1n) is 6.40. The van der Waals surface area contributed by atoms with E-state index in [1.807, 2.05) is 0 Å². The highest BCUT2D eigenvalue weighted by Crippen LogP contribution is 2.37. The molecule has 1 amide bonds. The number of hydrazine groups is 1. The minimum Gasteiger partial charge on any atom is -0.349 e. The van der Waals surface area contributed by atoms with Crippen LogP contribution in [-0.2, 0) is 0 Å². The van der Waals surface area contributed by atoms with Gasteiger partial charge in [-0.05, 0) is 42.5 Å². The van der Waals surface area contributed by atoms with Gasteiger partial charge in [-0.2, -0.15) is 0 Å². The summed E-state index contributed by atoms with van der Waals surface area (Å²) in [5, 5.41) is 3.13. The zero-order valence-corrected chi connectivity index (χ0v) is 11.0. The zero-order chi connectivity index (χ0) is 13.2. The van der Waals surface area contributed by atoms with Crippen LogP contribution in [0.15, 0.2) is 24.3 Å². The van der Waals surface area contributed by atoms with Gasteiger partial charge in [0.25, 0.3) is 5.91 Å². The van der Waals surface area contributed by atoms with Crippen molar-refractivity contribution >= 4 is 11.6 Å². The van der Waals surface area contributed by atoms with Crippen molar-refractivity contribution < 1.29 is 4.79 Å². The first kappa shape index (κ1) is 12.9. The molecule has 0 aliphatic heterocycles. The number of rotatable bonds is 3. The second-order valence-corrected chi connectivity index (χ2v) is 5.63. The maximum Gasteiger partial charge on any atom is 0.251 e. The molecule has 1 aliphatic carbocycles. The topological polar surface area (TPSA) is 67.2 Å². The molecule has 1 fully saturated rings. The van der Waals surface area contributed by atoms with Gasteiger partial charge in [-0.3, -0.25) is 10.6 Å². The Morgan fingerprint density at radius 1 is 1.33 bits per heavy atom. The fraction of sp³-hybridized carbons (Fsp3) is 0.500. The monoisotopic (exact) mass is 247 g/mol. The number of hydrogen-bond acceptors (Lipinski definition) is 3. The van der Waals surface area contributed by atoms with Crippen molar-refractivity contribution in [2.24, 2.45) is 11.3 Å². The fourth-order valence-corrected chi connectivity index (χ4v) is 2.55. The Hall–Kier alpha value is -1.55. The van der Waals surface area contributed by atoms with Crippen LogP contribution in [0.2, 0.25) is 0 Å². The van der Waals surface area contributed by atoms with Crippen LogP contribution in [-0.4, -0.2) is 11.9 Å². The van der Waals surface area contributed by atoms with Gasteiger partial charge in [0.15, 0.2) is 0 Å². The van der Waals surface area contributed by atoms with Crippen LogP contribution >= 0.6 is 0 Å². The fourth-order valence-electron chi connectivity index (χ4n) is 2.55. The van der Waals surface area contributed by atoms with E-state index in [-0.39, 0.29) is 17.4 Å². The van der Waals surface area contributed by atoms with Crippen molar-refractivity contribution in [3.63, 3.8) is 0 Å². The molecule has 0 radical (unpaired) electrons. The summed E-state index contributed by atoms with van der Waals surface area (Å²) in [6, 6.07) is 7.44. The lowest BCUT2D eigenvalue weighted by Gasteiger charge is -2.27. The highest BCUT2D eigenvalue weighted by atomic mass is 16.1. The van der Waals surface area contributed by atoms with Gasteiger partial charge in [0.1, 0.15) is 0 Å². The van der Waals surface area contributed by atoms with Crippen molar-refractivity contribution in [1.82, 2.24) is 5.32 Å². The Balaban J connectivity index is 2.03. The average molecular weight is 247 g/mol. The molecule has 1 atom stereocenters. The zero-order valence-electron chi connectivity index (χ0n) is 11.0. The second kappa shape index (κ2) is 4.98. The number of nitrogen functional groups attached to an aromatic ring is 1. The van der Waals surface area contributed by atoms with Crippen molar-refractivity contribution in [3.8, 4) is 0 Å². The molecule has 1 unspecified atom stereocenters. The molecular weight excluding hydrogens is 226 g/mol. The molecule has 0 bridgehead atoms. The van der Waals surface area contributed by atoms with Gasteiger partial charge >= 0.3 is 0 Å². The van der Waals surface area contributed by atoms with Crippen LogP contribution in [0.25, 0.3) is 0 Å². The predicted molar refractivity (Wildman–Crippen MR) is 73.1 cm³/mol. The van der Waals surface area contributed by atoms with Crippen molar-refractivity contribution in [1.29, 1.82) is 0 Å². The smallest absolute Gasteiger partial charge is 0.251 e. The van der Waals surface area contributed by atoms with Gasteiger partial charge < -0.3 is 10.7 Å². The standard InChI is InChI=1S/C14H21N3O/c1-14(2)9-3-4-12(14)16-13(18)10-5-7-11(17-15)8-6-10/h5-8,12,17H,3-4,9,15H2,1-2H3,(H,16,18). The molecule has 0 heterocycles. The van der Waals surface area contributed by atoms with Crippen LogP contribution in [0.5, 0.6) is 0 Å². The van der Waals surface area contributed by atoms with E-state index in [1.165, 1.54) is 12.8 Å². The Morgan fingerprint density at radius 3 is 2.50 bits per heavy atom. The molecular formula is C14H21N3O. The van der Waals surface area contributed by atoms with E-state index in [0.29, 0.717) is 5.56 Å². The number of anilines is 1. The first-order chi connectivity index (χ1) is 8.53. The van der Waals surface area contributed by atoms with E-state index >= 15 is 0 Å². The van der Waals surface area contributed by atoms with Gasteiger partial charge in [-0.1, -0.05) is 20.3 Å². The quantitative estimate of drug-likeness (QED) is 0.567. The Morgan fingerprint density at radius 2 is 2.00 bits per heavy atom. The minimum absolute atomic E-state index is 0.00135. The van der Waals surface area contributed by atoms with Crippen molar-refractivity contribution in [2.75, 3.05) is 5.43 Å². The lowest BCUT2D eigenvalue weighted by Crippen LogP contribution is -2.41. The van der Waals surface area contributed by atoms with Gasteiger partial charge in [0, 0.05) is 17.3 Å². The summed E-state index contributed by atoms with van der Waals surface area (Å²) in [7, 11) is 0. The largest absolute Gasteiger partial charge is 0.349 e. The van der Waals surface area contributed by atoms with Crippen LogP contribution < -0.4 is 16.6 Å². The molecule has 1 aromatic rings. The summed E-state index contributed by atoms with van der Waals surface area (Å²) >= 11 is 0. The molecule has 4 N–H and O–H groups in total. The van der Waals surface area contributed by atoms with Crippen molar-refractivity contribution in [3.05, 3.63) is 29.8 Å². The number of nitrogens with two attached hydrogens (primary N) is 1. The Labute approximate surface area is 108 Å². The van der Waals surface area contributed by atoms with E-state index in [4.69, 9.17) is 5.84 Å². The van der Waals surface area contributed by atoms with E-state index < -0.39 is 0 Å². The van der Waals surface area contributed by atoms with E-state index in [2.05, 4.69) is 24.6 Å². The van der Waals surface area contributed by atoms with Crippen LogP contribution in [0, 0.1) is 5.41 Å². The SMILES string of the molecule is CC1(C)CCCC1NC(=O)c1ccc(NN)cc1. The lowest BCUT2D eigenvalue weighted by molar-refractivity contribution is 0.0910. The summed E-state index contributed by atoms with van der Waals surface area (Å²) in [6.07, 6.45) is 3.43. The summed E-state index contributed by atoms with van der Waals surface area (Å²) < 4.78 is 0. The number of benzene rings is 1. The number of amides is 1. The first-order valence-corrected chi connectivity index (χ1v) is 6.40. The molecule has 0 spiro atoms. The molecule has 4 heteroatoms. The Bertz CT molecular complexity index is 425. The van der Waals surface area contributed by atoms with Crippen molar-refractivity contribution in [2.45, 2.75) is 39.2 Å². The molecule has 98 valence electrons. The summed E-state index contributed by atoms with van der Waals surface area (Å²) in [5.41, 5.74) is 4.23. The van der Waals surface area contributed by atoms with Crippen LogP contribution in [0.1, 0.15) is 43.5 Å². The highest BCUT2D eigenvalue weighted by Gasteiger charge is 2.35. The minimum atomic E-state index is -0.00135. The summed E-state index contributed by atoms with van der Waals surface area (Å²) in [6.45, 7) is 4.43. The van der Waals surface area contributed by atoms with Gasteiger partial charge in [0.05, 0.1) is 0 Å². The maximum absolute atomic E-state index is 12.1. The molecule has 0 saturated heterocycles. The molecule has 1 aromatic carbocycles. The third-order valence-corrected chi connectivity index (χ3v) is 3.88. The predicted octanol–water partition coefficient (Wildman–Crippen LogP) is 2.28. The molecule has 4 nitrogen and oxygen atoms in total. The highest BCUT2D eigenvalue weighted by molar-refractivity contribution is 5.94. The third-order valence-electron chi connectivity index (χ3n) is 3.88.